The zero-order chi connectivity index (χ0) is 21.3. The van der Waals surface area contributed by atoms with E-state index in [2.05, 4.69) is 25.8 Å². The zero-order valence-electron chi connectivity index (χ0n) is 19.2. The minimum atomic E-state index is -0.436. The van der Waals surface area contributed by atoms with Gasteiger partial charge in [-0.1, -0.05) is 6.92 Å². The van der Waals surface area contributed by atoms with Gasteiger partial charge in [-0.05, 0) is 114 Å². The summed E-state index contributed by atoms with van der Waals surface area (Å²) in [6.07, 6.45) is 11.2. The molecule has 4 aliphatic rings. The van der Waals surface area contributed by atoms with Crippen molar-refractivity contribution < 1.29 is 9.90 Å². The molecule has 4 aliphatic carbocycles. The topological polar surface area (TPSA) is 50.2 Å². The van der Waals surface area contributed by atoms with E-state index in [-0.39, 0.29) is 11.3 Å². The van der Waals surface area contributed by atoms with E-state index >= 15 is 0 Å². The number of carbonyl (C=O) groups excluding carboxylic acids is 1. The van der Waals surface area contributed by atoms with Crippen LogP contribution in [0, 0.1) is 54.8 Å². The van der Waals surface area contributed by atoms with Gasteiger partial charge in [-0.25, -0.2) is 4.98 Å². The van der Waals surface area contributed by atoms with Crippen molar-refractivity contribution in [1.82, 2.24) is 4.98 Å². The molecule has 0 amide bonds. The van der Waals surface area contributed by atoms with Crippen LogP contribution in [0.2, 0.25) is 0 Å². The Labute approximate surface area is 186 Å². The summed E-state index contributed by atoms with van der Waals surface area (Å²) in [6, 6.07) is 0. The predicted molar refractivity (Wildman–Crippen MR) is 122 cm³/mol. The van der Waals surface area contributed by atoms with Crippen molar-refractivity contribution in [2.24, 2.45) is 40.9 Å². The van der Waals surface area contributed by atoms with E-state index < -0.39 is 5.60 Å². The number of nitrogens with zero attached hydrogens (tertiary/aromatic N) is 1. The summed E-state index contributed by atoms with van der Waals surface area (Å²) in [6.45, 7) is 8.66. The fourth-order valence-electron chi connectivity index (χ4n) is 8.50. The number of Topliss-reactive ketones (excluding diaryl/α,β-unsaturated/α-hetero) is 1. The summed E-state index contributed by atoms with van der Waals surface area (Å²) in [5.74, 6) is 4.63. The van der Waals surface area contributed by atoms with Gasteiger partial charge >= 0.3 is 0 Å². The molecule has 0 aromatic carbocycles. The number of fused-ring (bicyclic) bond motifs is 5. The lowest BCUT2D eigenvalue weighted by Gasteiger charge is -2.56. The molecule has 4 saturated carbocycles. The van der Waals surface area contributed by atoms with Gasteiger partial charge in [-0.3, -0.25) is 4.79 Å². The first-order valence-corrected chi connectivity index (χ1v) is 13.2. The normalized spacial score (nSPS) is 45.5. The summed E-state index contributed by atoms with van der Waals surface area (Å²) in [5, 5.41) is 11.6. The average molecular weight is 430 g/mol. The summed E-state index contributed by atoms with van der Waals surface area (Å²) < 4.78 is 0. The maximum atomic E-state index is 13.4. The molecule has 166 valence electrons. The third-order valence-corrected chi connectivity index (χ3v) is 11.1. The fourth-order valence-corrected chi connectivity index (χ4v) is 9.44. The Kier molecular flexibility index (Phi) is 5.21. The first-order valence-electron chi connectivity index (χ1n) is 12.4. The molecule has 1 aromatic rings. The van der Waals surface area contributed by atoms with Gasteiger partial charge in [0, 0.05) is 10.8 Å². The molecule has 0 aliphatic heterocycles. The summed E-state index contributed by atoms with van der Waals surface area (Å²) in [5.41, 5.74) is 0.850. The minimum absolute atomic E-state index is 0.201. The molecule has 1 aromatic heterocycles. The van der Waals surface area contributed by atoms with Crippen LogP contribution in [0.15, 0.2) is 0 Å². The third kappa shape index (κ3) is 3.41. The van der Waals surface area contributed by atoms with Crippen LogP contribution in [0.1, 0.15) is 87.2 Å². The lowest BCUT2D eigenvalue weighted by Crippen LogP contribution is -2.51. The molecule has 30 heavy (non-hydrogen) atoms. The van der Waals surface area contributed by atoms with Gasteiger partial charge in [-0.2, -0.15) is 0 Å². The third-order valence-electron chi connectivity index (χ3n) is 10.0. The SMILES string of the molecule is Cc1nc(CC(=O)C2CCC3C4CCC5CC(C)(O)CCC5C4CCC23C)sc1C. The van der Waals surface area contributed by atoms with Gasteiger partial charge in [0.2, 0.25) is 0 Å². The molecule has 8 unspecified atom stereocenters. The molecule has 0 radical (unpaired) electrons. The van der Waals surface area contributed by atoms with E-state index in [0.29, 0.717) is 12.2 Å². The molecule has 4 fully saturated rings. The molecule has 1 heterocycles. The molecule has 0 saturated heterocycles. The van der Waals surface area contributed by atoms with Crippen LogP contribution in [0.4, 0.5) is 0 Å². The maximum Gasteiger partial charge on any atom is 0.143 e. The summed E-state index contributed by atoms with van der Waals surface area (Å²) in [4.78, 5) is 19.3. The van der Waals surface area contributed by atoms with Crippen LogP contribution in [0.3, 0.4) is 0 Å². The Bertz CT molecular complexity index is 809. The second-order valence-corrected chi connectivity index (χ2v) is 13.0. The van der Waals surface area contributed by atoms with E-state index in [4.69, 9.17) is 0 Å². The van der Waals surface area contributed by atoms with Crippen molar-refractivity contribution in [3.63, 3.8) is 0 Å². The largest absolute Gasteiger partial charge is 0.390 e. The van der Waals surface area contributed by atoms with Crippen LogP contribution in [-0.4, -0.2) is 21.5 Å². The smallest absolute Gasteiger partial charge is 0.143 e. The first kappa shape index (κ1) is 21.1. The standard InChI is InChI=1S/C26H39NO2S/c1-15-16(2)30-24(27-15)13-23(28)22-8-7-21-20-6-5-17-14-25(3,29)11-9-18(17)19(20)10-12-26(21,22)4/h17-22,29H,5-14H2,1-4H3. The van der Waals surface area contributed by atoms with Crippen molar-refractivity contribution >= 4 is 17.1 Å². The lowest BCUT2D eigenvalue weighted by atomic mass is 9.49. The molecular formula is C26H39NO2S. The van der Waals surface area contributed by atoms with Gasteiger partial charge in [0.05, 0.1) is 17.7 Å². The zero-order valence-corrected chi connectivity index (χ0v) is 20.1. The van der Waals surface area contributed by atoms with Crippen molar-refractivity contribution in [3.05, 3.63) is 15.6 Å². The van der Waals surface area contributed by atoms with Crippen molar-refractivity contribution in [1.29, 1.82) is 0 Å². The van der Waals surface area contributed by atoms with E-state index in [1.54, 1.807) is 11.3 Å². The van der Waals surface area contributed by atoms with E-state index in [0.717, 1.165) is 59.6 Å². The number of hydrogen-bond donors (Lipinski definition) is 1. The second-order valence-electron chi connectivity index (χ2n) is 11.7. The molecular weight excluding hydrogens is 390 g/mol. The van der Waals surface area contributed by atoms with Gasteiger partial charge in [0.15, 0.2) is 0 Å². The number of ketones is 1. The van der Waals surface area contributed by atoms with Crippen molar-refractivity contribution in [2.75, 3.05) is 0 Å². The number of carbonyl (C=O) groups is 1. The van der Waals surface area contributed by atoms with Crippen LogP contribution in [-0.2, 0) is 11.2 Å². The second kappa shape index (κ2) is 7.40. The van der Waals surface area contributed by atoms with Crippen LogP contribution in [0.5, 0.6) is 0 Å². The van der Waals surface area contributed by atoms with Gasteiger partial charge in [-0.15, -0.1) is 11.3 Å². The highest BCUT2D eigenvalue weighted by Crippen LogP contribution is 2.64. The highest BCUT2D eigenvalue weighted by atomic mass is 32.1. The van der Waals surface area contributed by atoms with Crippen LogP contribution >= 0.6 is 11.3 Å². The van der Waals surface area contributed by atoms with Crippen LogP contribution in [0.25, 0.3) is 0 Å². The number of aromatic nitrogens is 1. The number of thiazole rings is 1. The minimum Gasteiger partial charge on any atom is -0.390 e. The van der Waals surface area contributed by atoms with Gasteiger partial charge in [0.1, 0.15) is 10.8 Å². The average Bonchev–Trinajstić information content (AvgIpc) is 3.19. The Morgan fingerprint density at radius 2 is 1.80 bits per heavy atom. The quantitative estimate of drug-likeness (QED) is 0.651. The van der Waals surface area contributed by atoms with Gasteiger partial charge in [0.25, 0.3) is 0 Å². The molecule has 8 atom stereocenters. The molecule has 3 nitrogen and oxygen atoms in total. The summed E-state index contributed by atoms with van der Waals surface area (Å²) >= 11 is 1.71. The maximum absolute atomic E-state index is 13.4. The highest BCUT2D eigenvalue weighted by Gasteiger charge is 2.58. The molecule has 0 spiro atoms. The van der Waals surface area contributed by atoms with Crippen molar-refractivity contribution in [3.8, 4) is 0 Å². The lowest BCUT2D eigenvalue weighted by molar-refractivity contribution is -0.131. The Balaban J connectivity index is 1.31. The monoisotopic (exact) mass is 429 g/mol. The Morgan fingerprint density at radius 1 is 1.03 bits per heavy atom. The fraction of sp³-hybridized carbons (Fsp3) is 0.846. The van der Waals surface area contributed by atoms with E-state index in [1.807, 2.05) is 6.92 Å². The van der Waals surface area contributed by atoms with Crippen LogP contribution < -0.4 is 0 Å². The molecule has 1 N–H and O–H groups in total. The number of aryl methyl sites for hydroxylation is 2. The van der Waals surface area contributed by atoms with E-state index in [9.17, 15) is 9.90 Å². The van der Waals surface area contributed by atoms with Gasteiger partial charge < -0.3 is 5.11 Å². The first-order chi connectivity index (χ1) is 14.2. The molecule has 5 rings (SSSR count). The van der Waals surface area contributed by atoms with E-state index in [1.165, 1.54) is 43.4 Å². The number of aliphatic hydroxyl groups is 1. The highest BCUT2D eigenvalue weighted by molar-refractivity contribution is 7.11. The number of rotatable bonds is 3. The summed E-state index contributed by atoms with van der Waals surface area (Å²) in [7, 11) is 0. The Morgan fingerprint density at radius 3 is 2.53 bits per heavy atom. The molecule has 4 heteroatoms. The Hall–Kier alpha value is -0.740. The number of hydrogen-bond acceptors (Lipinski definition) is 4. The predicted octanol–water partition coefficient (Wildman–Crippen LogP) is 5.89. The molecule has 0 bridgehead atoms. The van der Waals surface area contributed by atoms with Crippen molar-refractivity contribution in [2.45, 2.75) is 97.5 Å².